The van der Waals surface area contributed by atoms with E-state index in [0.29, 0.717) is 52.6 Å². The molecule has 3 aromatic carbocycles. The lowest BCUT2D eigenvalue weighted by atomic mass is 9.95. The van der Waals surface area contributed by atoms with Gasteiger partial charge in [0, 0.05) is 17.9 Å². The number of halogens is 1. The molecule has 0 unspecified atom stereocenters. The van der Waals surface area contributed by atoms with Gasteiger partial charge in [0.1, 0.15) is 19.3 Å². The van der Waals surface area contributed by atoms with E-state index >= 15 is 0 Å². The molecule has 0 saturated carbocycles. The Morgan fingerprint density at radius 2 is 1.76 bits per heavy atom. The number of nitrogens with zero attached hydrogens (tertiary/aromatic N) is 7. The fourth-order valence-corrected chi connectivity index (χ4v) is 4.91. The van der Waals surface area contributed by atoms with Gasteiger partial charge in [-0.15, -0.1) is 5.10 Å². The quantitative estimate of drug-likeness (QED) is 0.235. The van der Waals surface area contributed by atoms with E-state index in [4.69, 9.17) is 14.8 Å². The molecule has 0 aliphatic carbocycles. The molecule has 0 N–H and O–H groups in total. The van der Waals surface area contributed by atoms with Crippen molar-refractivity contribution in [2.24, 2.45) is 0 Å². The maximum absolute atomic E-state index is 13.6. The molecule has 10 heteroatoms. The van der Waals surface area contributed by atoms with Crippen molar-refractivity contribution in [1.82, 2.24) is 14.8 Å². The number of benzene rings is 3. The summed E-state index contributed by atoms with van der Waals surface area (Å²) < 4.78 is 20.9. The molecule has 0 fully saturated rings. The fraction of sp³-hybridized carbons (Fsp3) is 0.219. The van der Waals surface area contributed by atoms with Gasteiger partial charge in [-0.3, -0.25) is 4.90 Å². The summed E-state index contributed by atoms with van der Waals surface area (Å²) in [5.41, 5.74) is 4.09. The molecule has 5 rings (SSSR count). The van der Waals surface area contributed by atoms with E-state index in [-0.39, 0.29) is 12.6 Å². The van der Waals surface area contributed by atoms with Gasteiger partial charge in [0.15, 0.2) is 0 Å². The Labute approximate surface area is 243 Å². The van der Waals surface area contributed by atoms with Gasteiger partial charge in [-0.1, -0.05) is 61.5 Å². The average Bonchev–Trinajstić information content (AvgIpc) is 3.46. The Morgan fingerprint density at radius 1 is 1.02 bits per heavy atom. The summed E-state index contributed by atoms with van der Waals surface area (Å²) in [5.74, 6) is 0.464. The first-order valence-electron chi connectivity index (χ1n) is 13.5. The van der Waals surface area contributed by atoms with Gasteiger partial charge >= 0.3 is 6.09 Å². The number of hydrogen-bond donors (Lipinski definition) is 0. The first-order valence-corrected chi connectivity index (χ1v) is 13.5. The Hall–Kier alpha value is -5.48. The highest BCUT2D eigenvalue weighted by atomic mass is 19.1. The maximum atomic E-state index is 13.6. The van der Waals surface area contributed by atoms with Gasteiger partial charge in [0.05, 0.1) is 23.3 Å². The third-order valence-corrected chi connectivity index (χ3v) is 6.96. The first kappa shape index (κ1) is 28.1. The van der Waals surface area contributed by atoms with Crippen LogP contribution < -0.4 is 9.80 Å². The van der Waals surface area contributed by atoms with Gasteiger partial charge in [-0.05, 0) is 54.3 Å². The zero-order valence-corrected chi connectivity index (χ0v) is 23.2. The summed E-state index contributed by atoms with van der Waals surface area (Å²) in [7, 11) is 0. The summed E-state index contributed by atoms with van der Waals surface area (Å²) in [6.07, 6.45) is 0.0153. The summed E-state index contributed by atoms with van der Waals surface area (Å²) in [5, 5.41) is 24.4. The SMILES string of the molecule is CCCN(C(=O)OCc1ccccc1)c1nc2n(n1)[C@H](c1ccc(C#N)cc1)C(C#N)=C(C)N2c1cccc(CF)c1. The molecule has 42 heavy (non-hydrogen) atoms. The van der Waals surface area contributed by atoms with Gasteiger partial charge < -0.3 is 4.74 Å². The number of carbonyl (C=O) groups excluding carboxylic acids is 1. The molecule has 1 amide bonds. The first-order chi connectivity index (χ1) is 20.5. The van der Waals surface area contributed by atoms with Crippen LogP contribution in [0.2, 0.25) is 0 Å². The third kappa shape index (κ3) is 5.43. The van der Waals surface area contributed by atoms with Crippen molar-refractivity contribution in [1.29, 1.82) is 10.5 Å². The number of fused-ring (bicyclic) bond motifs is 1. The van der Waals surface area contributed by atoms with Gasteiger partial charge in [0.2, 0.25) is 5.95 Å². The highest BCUT2D eigenvalue weighted by molar-refractivity contribution is 5.85. The number of hydrogen-bond acceptors (Lipinski definition) is 7. The minimum Gasteiger partial charge on any atom is -0.444 e. The number of allylic oxidation sites excluding steroid dienone is 2. The molecular weight excluding hydrogens is 533 g/mol. The Balaban J connectivity index is 1.62. The van der Waals surface area contributed by atoms with E-state index in [2.05, 4.69) is 12.1 Å². The largest absolute Gasteiger partial charge is 0.444 e. The number of carbonyl (C=O) groups is 1. The van der Waals surface area contributed by atoms with Crippen molar-refractivity contribution < 1.29 is 13.9 Å². The third-order valence-electron chi connectivity index (χ3n) is 6.96. The molecule has 0 spiro atoms. The number of alkyl halides is 1. The van der Waals surface area contributed by atoms with Crippen LogP contribution in [0.25, 0.3) is 0 Å². The number of ether oxygens (including phenoxy) is 1. The molecule has 4 aromatic rings. The predicted octanol–water partition coefficient (Wildman–Crippen LogP) is 6.71. The monoisotopic (exact) mass is 561 g/mol. The molecule has 9 nitrogen and oxygen atoms in total. The van der Waals surface area contributed by atoms with Gasteiger partial charge in [-0.2, -0.15) is 15.5 Å². The van der Waals surface area contributed by atoms with E-state index in [0.717, 1.165) is 5.56 Å². The Bertz CT molecular complexity index is 1700. The lowest BCUT2D eigenvalue weighted by Crippen LogP contribution is -2.33. The molecule has 1 aromatic heterocycles. The van der Waals surface area contributed by atoms with Crippen LogP contribution in [0.4, 0.5) is 26.8 Å². The van der Waals surface area contributed by atoms with E-state index in [1.165, 1.54) is 4.90 Å². The molecule has 0 saturated heterocycles. The molecule has 1 aliphatic rings. The van der Waals surface area contributed by atoms with E-state index < -0.39 is 18.8 Å². The second-order valence-corrected chi connectivity index (χ2v) is 9.73. The van der Waals surface area contributed by atoms with Crippen LogP contribution in [0.3, 0.4) is 0 Å². The summed E-state index contributed by atoms with van der Waals surface area (Å²) in [4.78, 5) is 21.2. The summed E-state index contributed by atoms with van der Waals surface area (Å²) in [6.45, 7) is 3.46. The van der Waals surface area contributed by atoms with Crippen molar-refractivity contribution in [3.63, 3.8) is 0 Å². The normalized spacial score (nSPS) is 14.1. The number of amides is 1. The lowest BCUT2D eigenvalue weighted by Gasteiger charge is -2.34. The molecule has 0 radical (unpaired) electrons. The molecule has 2 heterocycles. The highest BCUT2D eigenvalue weighted by Gasteiger charge is 2.37. The molecule has 1 aliphatic heterocycles. The van der Waals surface area contributed by atoms with Crippen LogP contribution in [0.15, 0.2) is 90.1 Å². The smallest absolute Gasteiger partial charge is 0.417 e. The van der Waals surface area contributed by atoms with Crippen LogP contribution >= 0.6 is 0 Å². The average molecular weight is 562 g/mol. The predicted molar refractivity (Wildman–Crippen MR) is 155 cm³/mol. The molecule has 1 atom stereocenters. The van der Waals surface area contributed by atoms with Crippen LogP contribution in [0, 0.1) is 22.7 Å². The minimum atomic E-state index is -0.677. The second-order valence-electron chi connectivity index (χ2n) is 9.73. The maximum Gasteiger partial charge on any atom is 0.417 e. The van der Waals surface area contributed by atoms with E-state index in [1.807, 2.05) is 37.3 Å². The van der Waals surface area contributed by atoms with Crippen molar-refractivity contribution >= 4 is 23.7 Å². The van der Waals surface area contributed by atoms with Crippen LogP contribution in [-0.4, -0.2) is 27.4 Å². The van der Waals surface area contributed by atoms with E-state index in [1.54, 1.807) is 65.0 Å². The molecular formula is C32H28FN7O2. The van der Waals surface area contributed by atoms with Gasteiger partial charge in [0.25, 0.3) is 5.95 Å². The van der Waals surface area contributed by atoms with E-state index in [9.17, 15) is 19.7 Å². The number of anilines is 3. The fourth-order valence-electron chi connectivity index (χ4n) is 4.91. The second kappa shape index (κ2) is 12.4. The topological polar surface area (TPSA) is 111 Å². The Kier molecular flexibility index (Phi) is 8.26. The minimum absolute atomic E-state index is 0.0860. The van der Waals surface area contributed by atoms with Crippen LogP contribution in [0.5, 0.6) is 0 Å². The van der Waals surface area contributed by atoms with Crippen molar-refractivity contribution in [3.05, 3.63) is 112 Å². The summed E-state index contributed by atoms with van der Waals surface area (Å²) >= 11 is 0. The number of rotatable bonds is 8. The van der Waals surface area contributed by atoms with Crippen molar-refractivity contribution in [3.8, 4) is 12.1 Å². The number of aromatic nitrogens is 3. The standard InChI is InChI=1S/C32H28FN7O2/c1-3-16-38(32(41)42-21-24-8-5-4-6-9-24)30-36-31-39(27-11-7-10-25(17-27)18-33)22(2)28(20-35)29(40(31)37-30)26-14-12-23(19-34)13-15-26/h4-15,17,29H,3,16,18,21H2,1-2H3/t29-/m1/s1. The van der Waals surface area contributed by atoms with Crippen LogP contribution in [-0.2, 0) is 18.0 Å². The molecule has 0 bridgehead atoms. The van der Waals surface area contributed by atoms with Gasteiger partial charge in [-0.25, -0.2) is 18.8 Å². The van der Waals surface area contributed by atoms with Crippen molar-refractivity contribution in [2.45, 2.75) is 39.6 Å². The Morgan fingerprint density at radius 3 is 2.43 bits per heavy atom. The highest BCUT2D eigenvalue weighted by Crippen LogP contribution is 2.42. The zero-order valence-electron chi connectivity index (χ0n) is 23.2. The molecule has 210 valence electrons. The number of nitriles is 2. The lowest BCUT2D eigenvalue weighted by molar-refractivity contribution is 0.146. The van der Waals surface area contributed by atoms with Crippen LogP contribution in [0.1, 0.15) is 48.6 Å². The van der Waals surface area contributed by atoms with Crippen molar-refractivity contribution in [2.75, 3.05) is 16.3 Å². The summed E-state index contributed by atoms with van der Waals surface area (Å²) in [6, 6.07) is 26.9. The zero-order chi connectivity index (χ0) is 29.6.